The summed E-state index contributed by atoms with van der Waals surface area (Å²) in [6.07, 6.45) is 3.95. The van der Waals surface area contributed by atoms with Crippen molar-refractivity contribution in [1.82, 2.24) is 9.47 Å². The van der Waals surface area contributed by atoms with Gasteiger partial charge < -0.3 is 14.4 Å². The van der Waals surface area contributed by atoms with E-state index in [2.05, 4.69) is 29.2 Å². The third-order valence-corrected chi connectivity index (χ3v) is 5.47. The summed E-state index contributed by atoms with van der Waals surface area (Å²) in [4.78, 5) is 27.1. The molecule has 0 spiro atoms. The molecular formula is C24H33IN2O4. The van der Waals surface area contributed by atoms with Crippen molar-refractivity contribution in [1.29, 1.82) is 0 Å². The van der Waals surface area contributed by atoms with Gasteiger partial charge in [-0.15, -0.1) is 6.58 Å². The van der Waals surface area contributed by atoms with Crippen molar-refractivity contribution in [2.45, 2.75) is 71.6 Å². The average molecular weight is 540 g/mol. The van der Waals surface area contributed by atoms with E-state index in [4.69, 9.17) is 9.47 Å². The lowest BCUT2D eigenvalue weighted by Crippen LogP contribution is -2.41. The largest absolute Gasteiger partial charge is 0.444 e. The lowest BCUT2D eigenvalue weighted by Gasteiger charge is -2.30. The fourth-order valence-corrected chi connectivity index (χ4v) is 4.08. The summed E-state index contributed by atoms with van der Waals surface area (Å²) in [6.45, 7) is 14.9. The van der Waals surface area contributed by atoms with E-state index in [1.807, 2.05) is 65.9 Å². The Morgan fingerprint density at radius 1 is 1.16 bits per heavy atom. The minimum atomic E-state index is -0.599. The summed E-state index contributed by atoms with van der Waals surface area (Å²) in [5.41, 5.74) is 0.575. The van der Waals surface area contributed by atoms with Gasteiger partial charge in [-0.3, -0.25) is 4.57 Å². The van der Waals surface area contributed by atoms with Crippen molar-refractivity contribution < 1.29 is 19.1 Å². The first-order chi connectivity index (χ1) is 14.2. The predicted molar refractivity (Wildman–Crippen MR) is 133 cm³/mol. The van der Waals surface area contributed by atoms with Crippen molar-refractivity contribution >= 4 is 45.7 Å². The van der Waals surface area contributed by atoms with Gasteiger partial charge in [0.25, 0.3) is 0 Å². The van der Waals surface area contributed by atoms with Gasteiger partial charge in [0.05, 0.1) is 5.52 Å². The first kappa shape index (κ1) is 25.2. The average Bonchev–Trinajstić information content (AvgIpc) is 2.98. The molecule has 1 amide bonds. The molecule has 7 heteroatoms. The van der Waals surface area contributed by atoms with Crippen LogP contribution in [0.3, 0.4) is 0 Å². The molecule has 1 aromatic heterocycles. The van der Waals surface area contributed by atoms with Crippen molar-refractivity contribution in [3.05, 3.63) is 46.2 Å². The van der Waals surface area contributed by atoms with E-state index in [1.165, 1.54) is 0 Å². The van der Waals surface area contributed by atoms with Gasteiger partial charge in [-0.1, -0.05) is 12.1 Å². The number of carbonyl (C=O) groups excluding carboxylic acids is 2. The van der Waals surface area contributed by atoms with E-state index >= 15 is 0 Å². The Kier molecular flexibility index (Phi) is 7.84. The van der Waals surface area contributed by atoms with Crippen molar-refractivity contribution in [2.75, 3.05) is 7.05 Å². The topological polar surface area (TPSA) is 60.8 Å². The molecule has 0 aliphatic heterocycles. The number of halogens is 1. The van der Waals surface area contributed by atoms with Crippen LogP contribution in [-0.2, 0) is 15.9 Å². The zero-order valence-electron chi connectivity index (χ0n) is 19.5. The molecule has 6 nitrogen and oxygen atoms in total. The third-order valence-electron chi connectivity index (χ3n) is 4.57. The van der Waals surface area contributed by atoms with Gasteiger partial charge in [-0.05, 0) is 94.7 Å². The zero-order valence-corrected chi connectivity index (χ0v) is 21.6. The first-order valence-corrected chi connectivity index (χ1v) is 11.4. The Hall–Kier alpha value is -2.03. The SMILES string of the molecule is C=CC[C@@H](Cc1cn(C(=O)OC(C)(C)C)c2cccc(I)c12)N(C)C(=O)OC(C)(C)C. The zero-order chi connectivity index (χ0) is 23.6. The number of hydrogen-bond donors (Lipinski definition) is 0. The molecule has 1 atom stereocenters. The first-order valence-electron chi connectivity index (χ1n) is 10.3. The second-order valence-corrected chi connectivity index (χ2v) is 10.8. The lowest BCUT2D eigenvalue weighted by molar-refractivity contribution is 0.0223. The second-order valence-electron chi connectivity index (χ2n) is 9.61. The predicted octanol–water partition coefficient (Wildman–Crippen LogP) is 6.38. The van der Waals surface area contributed by atoms with Crippen LogP contribution in [0.25, 0.3) is 10.9 Å². The number of benzene rings is 1. The summed E-state index contributed by atoms with van der Waals surface area (Å²) < 4.78 is 13.7. The van der Waals surface area contributed by atoms with E-state index in [0.717, 1.165) is 20.0 Å². The molecule has 1 aromatic carbocycles. The Morgan fingerprint density at radius 2 is 1.77 bits per heavy atom. The Labute approximate surface area is 198 Å². The highest BCUT2D eigenvalue weighted by Crippen LogP contribution is 2.29. The Morgan fingerprint density at radius 3 is 2.32 bits per heavy atom. The van der Waals surface area contributed by atoms with E-state index in [-0.39, 0.29) is 12.1 Å². The summed E-state index contributed by atoms with van der Waals surface area (Å²) in [6, 6.07) is 5.67. The lowest BCUT2D eigenvalue weighted by atomic mass is 10.0. The summed E-state index contributed by atoms with van der Waals surface area (Å²) >= 11 is 2.27. The summed E-state index contributed by atoms with van der Waals surface area (Å²) in [5, 5.41) is 0.987. The van der Waals surface area contributed by atoms with Gasteiger partial charge in [-0.2, -0.15) is 0 Å². The van der Waals surface area contributed by atoms with Crippen LogP contribution in [0.2, 0.25) is 0 Å². The Bertz CT molecular complexity index is 966. The van der Waals surface area contributed by atoms with Gasteiger partial charge in [0.15, 0.2) is 0 Å². The van der Waals surface area contributed by atoms with E-state index in [0.29, 0.717) is 12.8 Å². The van der Waals surface area contributed by atoms with Gasteiger partial charge in [-0.25, -0.2) is 9.59 Å². The maximum absolute atomic E-state index is 12.8. The maximum Gasteiger partial charge on any atom is 0.419 e. The molecule has 0 radical (unpaired) electrons. The van der Waals surface area contributed by atoms with Gasteiger partial charge in [0.2, 0.25) is 0 Å². The fraction of sp³-hybridized carbons (Fsp3) is 0.500. The third kappa shape index (κ3) is 6.72. The molecule has 2 rings (SSSR count). The molecule has 0 N–H and O–H groups in total. The highest BCUT2D eigenvalue weighted by Gasteiger charge is 2.27. The molecule has 0 fully saturated rings. The number of rotatable bonds is 5. The molecule has 2 aromatic rings. The number of nitrogens with zero attached hydrogens (tertiary/aromatic N) is 2. The molecule has 31 heavy (non-hydrogen) atoms. The van der Waals surface area contributed by atoms with Gasteiger partial charge >= 0.3 is 12.2 Å². The molecule has 0 unspecified atom stereocenters. The van der Waals surface area contributed by atoms with Crippen LogP contribution in [-0.4, -0.2) is 45.9 Å². The minimum absolute atomic E-state index is 0.166. The number of ether oxygens (including phenoxy) is 2. The van der Waals surface area contributed by atoms with Crippen LogP contribution in [0.1, 0.15) is 53.5 Å². The van der Waals surface area contributed by atoms with Crippen molar-refractivity contribution in [3.63, 3.8) is 0 Å². The number of fused-ring (bicyclic) bond motifs is 1. The smallest absolute Gasteiger partial charge is 0.419 e. The fourth-order valence-electron chi connectivity index (χ4n) is 3.25. The van der Waals surface area contributed by atoms with E-state index in [1.54, 1.807) is 22.6 Å². The van der Waals surface area contributed by atoms with Crippen molar-refractivity contribution in [2.24, 2.45) is 0 Å². The summed E-state index contributed by atoms with van der Waals surface area (Å²) in [5.74, 6) is 0. The standard InChI is InChI=1S/C24H33IN2O4/c1-9-11-17(26(8)21(28)30-23(2,3)4)14-16-15-27(22(29)31-24(5,6)7)19-13-10-12-18(25)20(16)19/h9-10,12-13,15,17H,1,11,14H2,2-8H3/t17-/m0/s1. The molecular weight excluding hydrogens is 507 g/mol. The highest BCUT2D eigenvalue weighted by molar-refractivity contribution is 14.1. The molecule has 170 valence electrons. The molecule has 0 saturated heterocycles. The van der Waals surface area contributed by atoms with E-state index in [9.17, 15) is 9.59 Å². The molecule has 0 aliphatic rings. The van der Waals surface area contributed by atoms with Crippen LogP contribution in [0.4, 0.5) is 9.59 Å². The second kappa shape index (κ2) is 9.63. The normalized spacial score (nSPS) is 13.0. The van der Waals surface area contributed by atoms with Gasteiger partial charge in [0.1, 0.15) is 11.2 Å². The van der Waals surface area contributed by atoms with E-state index < -0.39 is 17.3 Å². The maximum atomic E-state index is 12.8. The molecule has 0 aliphatic carbocycles. The molecule has 1 heterocycles. The number of amides is 1. The minimum Gasteiger partial charge on any atom is -0.444 e. The Balaban J connectivity index is 2.45. The number of hydrogen-bond acceptors (Lipinski definition) is 4. The number of aromatic nitrogens is 1. The van der Waals surface area contributed by atoms with Crippen LogP contribution >= 0.6 is 22.6 Å². The molecule has 0 saturated carbocycles. The highest BCUT2D eigenvalue weighted by atomic mass is 127. The van der Waals surface area contributed by atoms with Gasteiger partial charge in [0, 0.05) is 28.2 Å². The van der Waals surface area contributed by atoms with Crippen molar-refractivity contribution in [3.8, 4) is 0 Å². The van der Waals surface area contributed by atoms with Crippen LogP contribution < -0.4 is 0 Å². The monoisotopic (exact) mass is 540 g/mol. The quantitative estimate of drug-likeness (QED) is 0.326. The summed E-state index contributed by atoms with van der Waals surface area (Å²) in [7, 11) is 1.74. The number of likely N-dealkylation sites (N-methyl/N-ethyl adjacent to an activating group) is 1. The number of carbonyl (C=O) groups is 2. The molecule has 0 bridgehead atoms. The van der Waals surface area contributed by atoms with Crippen LogP contribution in [0, 0.1) is 3.57 Å². The van der Waals surface area contributed by atoms with Crippen LogP contribution in [0.5, 0.6) is 0 Å². The van der Waals surface area contributed by atoms with Crippen LogP contribution in [0.15, 0.2) is 37.1 Å².